The number of hydrogen-bond donors (Lipinski definition) is 0. The normalized spacial score (nSPS) is 23.8. The van der Waals surface area contributed by atoms with Gasteiger partial charge in [-0.25, -0.2) is 0 Å². The van der Waals surface area contributed by atoms with Crippen LogP contribution in [0.5, 0.6) is 0 Å². The van der Waals surface area contributed by atoms with E-state index in [0.717, 1.165) is 0 Å². The second-order valence-electron chi connectivity index (χ2n) is 4.05. The Morgan fingerprint density at radius 1 is 1.62 bits per heavy atom. The minimum absolute atomic E-state index is 0.146. The van der Waals surface area contributed by atoms with Crippen molar-refractivity contribution in [1.29, 1.82) is 0 Å². The van der Waals surface area contributed by atoms with Gasteiger partial charge in [-0.15, -0.1) is 0 Å². The summed E-state index contributed by atoms with van der Waals surface area (Å²) in [7, 11) is -0.146. The summed E-state index contributed by atoms with van der Waals surface area (Å²) in [4.78, 5) is 0. The van der Waals surface area contributed by atoms with Gasteiger partial charge in [0, 0.05) is 31.2 Å². The molecule has 0 saturated heterocycles. The standard InChI is InChI=1S/C10H19N2Si/c1-3-6-11-9(2)8-10-5-4-7-12(10)13-11/h8H,3-7,13H2,1-2H3/q+1. The van der Waals surface area contributed by atoms with Crippen molar-refractivity contribution in [3.05, 3.63) is 11.8 Å². The molecule has 0 atom stereocenters. The van der Waals surface area contributed by atoms with Gasteiger partial charge in [0.25, 0.3) is 0 Å². The van der Waals surface area contributed by atoms with E-state index in [4.69, 9.17) is 0 Å². The van der Waals surface area contributed by atoms with Crippen molar-refractivity contribution in [3.8, 4) is 0 Å². The van der Waals surface area contributed by atoms with Crippen molar-refractivity contribution in [1.82, 2.24) is 4.57 Å². The third kappa shape index (κ3) is 1.70. The smallest absolute Gasteiger partial charge is 0.352 e. The third-order valence-electron chi connectivity index (χ3n) is 2.98. The summed E-state index contributed by atoms with van der Waals surface area (Å²) >= 11 is 0. The van der Waals surface area contributed by atoms with Crippen LogP contribution in [0.15, 0.2) is 11.8 Å². The zero-order chi connectivity index (χ0) is 9.26. The fourth-order valence-electron chi connectivity index (χ4n) is 2.24. The zero-order valence-corrected chi connectivity index (χ0v) is 10.1. The molecule has 0 fully saturated rings. The Morgan fingerprint density at radius 2 is 2.46 bits per heavy atom. The summed E-state index contributed by atoms with van der Waals surface area (Å²) in [6.07, 6.45) is 6.39. The Kier molecular flexibility index (Phi) is 2.53. The van der Waals surface area contributed by atoms with Crippen LogP contribution in [-0.2, 0) is 0 Å². The lowest BCUT2D eigenvalue weighted by Gasteiger charge is -2.24. The first-order valence-electron chi connectivity index (χ1n) is 5.35. The number of rotatable bonds is 2. The van der Waals surface area contributed by atoms with Crippen LogP contribution in [0.2, 0.25) is 0 Å². The molecular weight excluding hydrogens is 176 g/mol. The van der Waals surface area contributed by atoms with E-state index in [1.165, 1.54) is 38.0 Å². The molecule has 0 unspecified atom stereocenters. The maximum Gasteiger partial charge on any atom is 0.442 e. The van der Waals surface area contributed by atoms with E-state index in [2.05, 4.69) is 28.7 Å². The molecule has 0 aromatic carbocycles. The molecule has 2 aliphatic heterocycles. The molecule has 13 heavy (non-hydrogen) atoms. The fraction of sp³-hybridized carbons (Fsp3) is 0.700. The first-order chi connectivity index (χ1) is 6.31. The largest absolute Gasteiger partial charge is 0.442 e. The molecule has 0 bridgehead atoms. The second-order valence-corrected chi connectivity index (χ2v) is 5.86. The van der Waals surface area contributed by atoms with Crippen LogP contribution in [0.25, 0.3) is 0 Å². The predicted molar refractivity (Wildman–Crippen MR) is 58.7 cm³/mol. The topological polar surface area (TPSA) is 6.25 Å². The minimum Gasteiger partial charge on any atom is -0.352 e. The fourth-order valence-corrected chi connectivity index (χ4v) is 4.22. The van der Waals surface area contributed by atoms with Gasteiger partial charge in [0.2, 0.25) is 0 Å². The second kappa shape index (κ2) is 3.66. The van der Waals surface area contributed by atoms with Gasteiger partial charge in [-0.1, -0.05) is 6.92 Å². The molecule has 0 amide bonds. The SMILES string of the molecule is CCCN1[SiH2][N+]2=C(C=C1C)CCC2. The van der Waals surface area contributed by atoms with Gasteiger partial charge in [-0.2, -0.15) is 0 Å². The predicted octanol–water partition coefficient (Wildman–Crippen LogP) is 0.862. The number of hydrogen-bond acceptors (Lipinski definition) is 1. The van der Waals surface area contributed by atoms with Crippen molar-refractivity contribution in [3.63, 3.8) is 0 Å². The first kappa shape index (κ1) is 9.00. The van der Waals surface area contributed by atoms with Crippen LogP contribution in [0, 0.1) is 0 Å². The lowest BCUT2D eigenvalue weighted by Crippen LogP contribution is -2.39. The van der Waals surface area contributed by atoms with Crippen LogP contribution in [0.4, 0.5) is 0 Å². The van der Waals surface area contributed by atoms with Gasteiger partial charge in [0.05, 0.1) is 0 Å². The highest BCUT2D eigenvalue weighted by Crippen LogP contribution is 2.15. The van der Waals surface area contributed by atoms with E-state index in [-0.39, 0.29) is 9.84 Å². The summed E-state index contributed by atoms with van der Waals surface area (Å²) in [6, 6.07) is 0. The molecule has 0 aromatic rings. The summed E-state index contributed by atoms with van der Waals surface area (Å²) in [5.74, 6) is 0. The van der Waals surface area contributed by atoms with Crippen LogP contribution in [0.1, 0.15) is 33.1 Å². The summed E-state index contributed by atoms with van der Waals surface area (Å²) < 4.78 is 5.28. The molecule has 0 N–H and O–H groups in total. The molecule has 0 aliphatic carbocycles. The van der Waals surface area contributed by atoms with Crippen molar-refractivity contribution in [2.24, 2.45) is 0 Å². The average molecular weight is 195 g/mol. The Balaban J connectivity index is 2.12. The molecular formula is C10H19N2Si+. The Morgan fingerprint density at radius 3 is 3.23 bits per heavy atom. The lowest BCUT2D eigenvalue weighted by atomic mass is 10.2. The van der Waals surface area contributed by atoms with Gasteiger partial charge in [-0.3, -0.25) is 4.24 Å². The molecule has 0 saturated carbocycles. The van der Waals surface area contributed by atoms with Gasteiger partial charge < -0.3 is 4.57 Å². The van der Waals surface area contributed by atoms with E-state index < -0.39 is 0 Å². The van der Waals surface area contributed by atoms with E-state index in [1.54, 1.807) is 5.71 Å². The highest BCUT2D eigenvalue weighted by molar-refractivity contribution is 6.26. The summed E-state index contributed by atoms with van der Waals surface area (Å²) in [5, 5.41) is 0. The maximum atomic E-state index is 2.66. The first-order valence-corrected chi connectivity index (χ1v) is 6.62. The zero-order valence-electron chi connectivity index (χ0n) is 8.71. The van der Waals surface area contributed by atoms with Crippen molar-refractivity contribution in [2.45, 2.75) is 33.1 Å². The van der Waals surface area contributed by atoms with Gasteiger partial charge in [-0.05, 0) is 13.3 Å². The average Bonchev–Trinajstić information content (AvgIpc) is 2.52. The minimum atomic E-state index is -0.146. The Labute approximate surface area is 82.9 Å². The monoisotopic (exact) mass is 195 g/mol. The highest BCUT2D eigenvalue weighted by atomic mass is 28.2. The molecule has 2 aliphatic rings. The molecule has 0 spiro atoms. The Bertz CT molecular complexity index is 268. The quantitative estimate of drug-likeness (QED) is 0.592. The third-order valence-corrected chi connectivity index (χ3v) is 5.20. The molecule has 2 nitrogen and oxygen atoms in total. The molecule has 0 aromatic heterocycles. The van der Waals surface area contributed by atoms with Crippen molar-refractivity contribution in [2.75, 3.05) is 13.1 Å². The van der Waals surface area contributed by atoms with E-state index in [1.807, 2.05) is 0 Å². The molecule has 2 heterocycles. The van der Waals surface area contributed by atoms with Gasteiger partial charge in [0.1, 0.15) is 6.54 Å². The summed E-state index contributed by atoms with van der Waals surface area (Å²) in [6.45, 7) is 7.13. The molecule has 3 heteroatoms. The molecule has 0 radical (unpaired) electrons. The highest BCUT2D eigenvalue weighted by Gasteiger charge is 2.27. The van der Waals surface area contributed by atoms with E-state index in [0.29, 0.717) is 0 Å². The lowest BCUT2D eigenvalue weighted by molar-refractivity contribution is -0.380. The number of allylic oxidation sites excluding steroid dienone is 2. The number of nitrogens with zero attached hydrogens (tertiary/aromatic N) is 2. The molecule has 72 valence electrons. The van der Waals surface area contributed by atoms with Crippen molar-refractivity contribution < 1.29 is 4.24 Å². The van der Waals surface area contributed by atoms with E-state index >= 15 is 0 Å². The Hall–Kier alpha value is -0.573. The van der Waals surface area contributed by atoms with E-state index in [9.17, 15) is 0 Å². The van der Waals surface area contributed by atoms with Crippen LogP contribution >= 0.6 is 0 Å². The van der Waals surface area contributed by atoms with Gasteiger partial charge >= 0.3 is 9.84 Å². The maximum absolute atomic E-state index is 2.66. The van der Waals surface area contributed by atoms with Crippen LogP contribution < -0.4 is 0 Å². The van der Waals surface area contributed by atoms with Crippen LogP contribution in [-0.4, -0.2) is 37.5 Å². The van der Waals surface area contributed by atoms with Crippen LogP contribution in [0.3, 0.4) is 0 Å². The van der Waals surface area contributed by atoms with Crippen molar-refractivity contribution >= 4 is 15.6 Å². The summed E-state index contributed by atoms with van der Waals surface area (Å²) in [5.41, 5.74) is 3.14. The molecule has 2 rings (SSSR count). The van der Waals surface area contributed by atoms with Gasteiger partial charge in [0.15, 0.2) is 5.71 Å².